The highest BCUT2D eigenvalue weighted by atomic mass is 19.3. The molecule has 1 amide bonds. The molecule has 0 fully saturated rings. The van der Waals surface area contributed by atoms with Crippen LogP contribution in [0.5, 0.6) is 11.5 Å². The molecule has 2 aromatic heterocycles. The van der Waals surface area contributed by atoms with E-state index in [9.17, 15) is 18.0 Å². The van der Waals surface area contributed by atoms with E-state index in [-0.39, 0.29) is 17.1 Å². The first kappa shape index (κ1) is 22.2. The molecule has 4 rings (SSSR count). The van der Waals surface area contributed by atoms with Crippen LogP contribution in [0, 0.1) is 6.92 Å². The quantitative estimate of drug-likeness (QED) is 0.407. The third kappa shape index (κ3) is 4.21. The second-order valence-corrected chi connectivity index (χ2v) is 7.18. The Kier molecular flexibility index (Phi) is 5.95. The molecule has 0 radical (unpaired) electrons. The van der Waals surface area contributed by atoms with E-state index in [2.05, 4.69) is 15.2 Å². The van der Waals surface area contributed by atoms with Crippen molar-refractivity contribution in [3.05, 3.63) is 54.0 Å². The zero-order valence-corrected chi connectivity index (χ0v) is 17.9. The molecule has 1 atom stereocenters. The maximum atomic E-state index is 13.4. The molecule has 2 aromatic carbocycles. The number of rotatable bonds is 7. The van der Waals surface area contributed by atoms with Gasteiger partial charge >= 0.3 is 0 Å². The van der Waals surface area contributed by atoms with Crippen molar-refractivity contribution in [2.24, 2.45) is 0 Å². The molecule has 0 bridgehead atoms. The summed E-state index contributed by atoms with van der Waals surface area (Å²) >= 11 is 0. The molecule has 0 spiro atoms. The van der Waals surface area contributed by atoms with Crippen LogP contribution < -0.4 is 14.8 Å². The van der Waals surface area contributed by atoms with Crippen LogP contribution in [-0.2, 0) is 0 Å². The number of amides is 1. The van der Waals surface area contributed by atoms with Gasteiger partial charge in [0.05, 0.1) is 42.3 Å². The second-order valence-electron chi connectivity index (χ2n) is 7.18. The second kappa shape index (κ2) is 8.85. The van der Waals surface area contributed by atoms with Gasteiger partial charge in [0, 0.05) is 17.7 Å². The number of carbonyl (C=O) groups excluding carboxylic acids is 1. The summed E-state index contributed by atoms with van der Waals surface area (Å²) in [5, 5.41) is 8.71. The summed E-state index contributed by atoms with van der Waals surface area (Å²) < 4.78 is 50.8. The number of H-pyrrole nitrogens is 1. The van der Waals surface area contributed by atoms with Crippen molar-refractivity contribution < 1.29 is 27.4 Å². The first-order valence-corrected chi connectivity index (χ1v) is 9.81. The van der Waals surface area contributed by atoms with Crippen LogP contribution in [0.4, 0.5) is 13.2 Å². The average Bonchev–Trinajstić information content (AvgIpc) is 3.43. The van der Waals surface area contributed by atoms with Gasteiger partial charge in [-0.1, -0.05) is 6.07 Å². The van der Waals surface area contributed by atoms with Gasteiger partial charge in [0.1, 0.15) is 23.4 Å². The number of nitrogens with one attached hydrogen (secondary N) is 2. The van der Waals surface area contributed by atoms with Gasteiger partial charge < -0.3 is 14.8 Å². The Hall–Kier alpha value is -4.02. The summed E-state index contributed by atoms with van der Waals surface area (Å²) in [6.07, 6.45) is -4.59. The predicted octanol–water partition coefficient (Wildman–Crippen LogP) is 4.03. The Bertz CT molecular complexity index is 1290. The minimum absolute atomic E-state index is 0.0229. The molecule has 11 heteroatoms. The lowest BCUT2D eigenvalue weighted by atomic mass is 10.1. The number of ether oxygens (including phenoxy) is 2. The standard InChI is InChI=1S/C22H20F3N5O3/c1-11-6-14(29-28-11)12-4-5-16-15(7-12)26-10-30(16)13-8-17(32-2)19(18(9-13)33-3)22(31)27-21(25)20(23)24/h4-10,20-21H,1-3H3,(H,27,31)(H,28,29). The van der Waals surface area contributed by atoms with Crippen LogP contribution >= 0.6 is 0 Å². The number of carbonyl (C=O) groups is 1. The number of benzene rings is 2. The van der Waals surface area contributed by atoms with E-state index in [4.69, 9.17) is 9.47 Å². The number of alkyl halides is 3. The third-order valence-electron chi connectivity index (χ3n) is 5.05. The lowest BCUT2D eigenvalue weighted by Gasteiger charge is -2.17. The van der Waals surface area contributed by atoms with Crippen molar-refractivity contribution in [3.63, 3.8) is 0 Å². The fourth-order valence-corrected chi connectivity index (χ4v) is 3.48. The molecule has 2 heterocycles. The van der Waals surface area contributed by atoms with Gasteiger partial charge in [-0.25, -0.2) is 18.2 Å². The zero-order chi connectivity index (χ0) is 23.7. The van der Waals surface area contributed by atoms with E-state index >= 15 is 0 Å². The lowest BCUT2D eigenvalue weighted by molar-refractivity contribution is 0.0285. The van der Waals surface area contributed by atoms with Crippen LogP contribution in [0.25, 0.3) is 28.0 Å². The van der Waals surface area contributed by atoms with Gasteiger partial charge in [0.2, 0.25) is 6.30 Å². The maximum Gasteiger partial charge on any atom is 0.287 e. The van der Waals surface area contributed by atoms with Gasteiger partial charge in [-0.3, -0.25) is 14.5 Å². The lowest BCUT2D eigenvalue weighted by Crippen LogP contribution is -2.36. The molecule has 2 N–H and O–H groups in total. The van der Waals surface area contributed by atoms with Crippen LogP contribution in [0.2, 0.25) is 0 Å². The van der Waals surface area contributed by atoms with E-state index in [1.54, 1.807) is 16.2 Å². The average molecular weight is 459 g/mol. The largest absolute Gasteiger partial charge is 0.496 e. The number of aromatic amines is 1. The summed E-state index contributed by atoms with van der Waals surface area (Å²) in [6, 6.07) is 10.6. The molecule has 8 nitrogen and oxygen atoms in total. The molecule has 172 valence electrons. The molecule has 1 unspecified atom stereocenters. The number of aryl methyl sites for hydroxylation is 1. The Morgan fingerprint density at radius 1 is 1.09 bits per heavy atom. The highest BCUT2D eigenvalue weighted by Crippen LogP contribution is 2.34. The zero-order valence-electron chi connectivity index (χ0n) is 17.9. The molecule has 33 heavy (non-hydrogen) atoms. The Balaban J connectivity index is 1.75. The number of fused-ring (bicyclic) bond motifs is 1. The molecule has 0 aliphatic heterocycles. The van der Waals surface area contributed by atoms with Gasteiger partial charge in [-0.05, 0) is 25.1 Å². The van der Waals surface area contributed by atoms with E-state index in [1.165, 1.54) is 26.4 Å². The molecular formula is C22H20F3N5O3. The normalized spacial score (nSPS) is 12.2. The summed E-state index contributed by atoms with van der Waals surface area (Å²) in [7, 11) is 2.61. The van der Waals surface area contributed by atoms with Crippen molar-refractivity contribution in [2.45, 2.75) is 19.6 Å². The van der Waals surface area contributed by atoms with Gasteiger partial charge in [0.15, 0.2) is 0 Å². The van der Waals surface area contributed by atoms with E-state index in [0.29, 0.717) is 11.2 Å². The summed E-state index contributed by atoms with van der Waals surface area (Å²) in [4.78, 5) is 16.9. The fourth-order valence-electron chi connectivity index (χ4n) is 3.48. The van der Waals surface area contributed by atoms with Crippen LogP contribution in [0.1, 0.15) is 16.1 Å². The number of nitrogens with zero attached hydrogens (tertiary/aromatic N) is 3. The summed E-state index contributed by atoms with van der Waals surface area (Å²) in [5.74, 6) is -1.04. The number of imidazole rings is 1. The van der Waals surface area contributed by atoms with Crippen molar-refractivity contribution in [1.82, 2.24) is 25.1 Å². The van der Waals surface area contributed by atoms with E-state index < -0.39 is 18.6 Å². The molecule has 0 saturated carbocycles. The molecule has 0 saturated heterocycles. The number of aromatic nitrogens is 4. The van der Waals surface area contributed by atoms with Gasteiger partial charge in [0.25, 0.3) is 12.3 Å². The van der Waals surface area contributed by atoms with E-state index in [1.807, 2.05) is 31.2 Å². The van der Waals surface area contributed by atoms with Crippen LogP contribution in [0.15, 0.2) is 42.7 Å². The monoisotopic (exact) mass is 459 g/mol. The maximum absolute atomic E-state index is 13.4. The SMILES string of the molecule is COc1cc(-n2cnc3cc(-c4cc(C)n[nH]4)ccc32)cc(OC)c1C(=O)NC(F)C(F)F. The van der Waals surface area contributed by atoms with Crippen molar-refractivity contribution >= 4 is 16.9 Å². The highest BCUT2D eigenvalue weighted by Gasteiger charge is 2.27. The number of halogens is 3. The van der Waals surface area contributed by atoms with Crippen molar-refractivity contribution in [1.29, 1.82) is 0 Å². The fraction of sp³-hybridized carbons (Fsp3) is 0.227. The first-order valence-electron chi connectivity index (χ1n) is 9.81. The first-order chi connectivity index (χ1) is 15.8. The van der Waals surface area contributed by atoms with Gasteiger partial charge in [-0.15, -0.1) is 0 Å². The van der Waals surface area contributed by atoms with Crippen LogP contribution in [0.3, 0.4) is 0 Å². The molecular weight excluding hydrogens is 439 g/mol. The number of hydrogen-bond acceptors (Lipinski definition) is 5. The minimum Gasteiger partial charge on any atom is -0.496 e. The minimum atomic E-state index is -3.36. The topological polar surface area (TPSA) is 94.1 Å². The Morgan fingerprint density at radius 3 is 2.36 bits per heavy atom. The van der Waals surface area contributed by atoms with Crippen molar-refractivity contribution in [3.8, 4) is 28.4 Å². The number of methoxy groups -OCH3 is 2. The summed E-state index contributed by atoms with van der Waals surface area (Å²) in [5.41, 5.74) is 4.45. The van der Waals surface area contributed by atoms with Gasteiger partial charge in [-0.2, -0.15) is 5.10 Å². The molecule has 0 aliphatic rings. The smallest absolute Gasteiger partial charge is 0.287 e. The Morgan fingerprint density at radius 2 is 1.79 bits per heavy atom. The number of hydrogen-bond donors (Lipinski definition) is 2. The van der Waals surface area contributed by atoms with Crippen LogP contribution in [-0.4, -0.2) is 52.6 Å². The predicted molar refractivity (Wildman–Crippen MR) is 115 cm³/mol. The Labute approximate surface area is 186 Å². The van der Waals surface area contributed by atoms with Crippen molar-refractivity contribution in [2.75, 3.05) is 14.2 Å². The highest BCUT2D eigenvalue weighted by molar-refractivity contribution is 6.00. The molecule has 0 aliphatic carbocycles. The third-order valence-corrected chi connectivity index (χ3v) is 5.05. The molecule has 4 aromatic rings. The van der Waals surface area contributed by atoms with E-state index in [0.717, 1.165) is 22.5 Å². The summed E-state index contributed by atoms with van der Waals surface area (Å²) in [6.45, 7) is 1.89.